The van der Waals surface area contributed by atoms with Gasteiger partial charge in [0.2, 0.25) is 0 Å². The van der Waals surface area contributed by atoms with Gasteiger partial charge in [0, 0.05) is 11.1 Å². The third-order valence-electron chi connectivity index (χ3n) is 2.53. The van der Waals surface area contributed by atoms with Crippen molar-refractivity contribution in [3.05, 3.63) is 24.3 Å². The molecule has 0 aliphatic rings. The van der Waals surface area contributed by atoms with Crippen molar-refractivity contribution in [1.82, 2.24) is 0 Å². The van der Waals surface area contributed by atoms with Gasteiger partial charge >= 0.3 is 11.9 Å². The van der Waals surface area contributed by atoms with Gasteiger partial charge in [-0.15, -0.1) is 11.8 Å². The summed E-state index contributed by atoms with van der Waals surface area (Å²) in [6, 6.07) is 7.48. The van der Waals surface area contributed by atoms with Crippen LogP contribution in [-0.2, 0) is 19.1 Å². The van der Waals surface area contributed by atoms with Gasteiger partial charge in [-0.25, -0.2) is 0 Å². The minimum Gasteiger partial charge on any atom is -0.465 e. The van der Waals surface area contributed by atoms with Crippen LogP contribution >= 0.6 is 11.8 Å². The van der Waals surface area contributed by atoms with Gasteiger partial charge in [0.1, 0.15) is 0 Å². The van der Waals surface area contributed by atoms with E-state index >= 15 is 0 Å². The first-order chi connectivity index (χ1) is 10.1. The van der Waals surface area contributed by atoms with Gasteiger partial charge in [-0.1, -0.05) is 12.1 Å². The predicted molar refractivity (Wildman–Crippen MR) is 83.1 cm³/mol. The Hall–Kier alpha value is -1.82. The van der Waals surface area contributed by atoms with Gasteiger partial charge in [0.15, 0.2) is 5.92 Å². The molecule has 0 saturated carbocycles. The summed E-state index contributed by atoms with van der Waals surface area (Å²) >= 11 is 1.54. The zero-order valence-corrected chi connectivity index (χ0v) is 13.2. The highest BCUT2D eigenvalue weighted by molar-refractivity contribution is 7.98. The minimum atomic E-state index is -1.14. The number of hydrogen-bond acceptors (Lipinski definition) is 6. The van der Waals surface area contributed by atoms with Crippen LogP contribution in [-0.4, -0.2) is 37.6 Å². The summed E-state index contributed by atoms with van der Waals surface area (Å²) in [7, 11) is 0. The smallest absolute Gasteiger partial charge is 0.325 e. The molecule has 5 nitrogen and oxygen atoms in total. The SMILES string of the molecule is CCOC(=O)C(C=Nc1ccccc1SC)C(=O)OCC. The van der Waals surface area contributed by atoms with E-state index in [4.69, 9.17) is 9.47 Å². The lowest BCUT2D eigenvalue weighted by Crippen LogP contribution is -2.29. The van der Waals surface area contributed by atoms with Gasteiger partial charge in [-0.3, -0.25) is 14.6 Å². The highest BCUT2D eigenvalue weighted by atomic mass is 32.2. The summed E-state index contributed by atoms with van der Waals surface area (Å²) in [5, 5.41) is 0. The van der Waals surface area contributed by atoms with Gasteiger partial charge in [0.05, 0.1) is 18.9 Å². The molecule has 1 aromatic carbocycles. The number of carbonyl (C=O) groups excluding carboxylic acids is 2. The number of ether oxygens (including phenoxy) is 2. The fourth-order valence-electron chi connectivity index (χ4n) is 1.57. The molecule has 0 atom stereocenters. The number of rotatable bonds is 7. The molecule has 0 amide bonds. The van der Waals surface area contributed by atoms with Crippen molar-refractivity contribution >= 4 is 35.6 Å². The Morgan fingerprint density at radius 1 is 1.19 bits per heavy atom. The molecule has 0 radical (unpaired) electrons. The first-order valence-electron chi connectivity index (χ1n) is 6.64. The highest BCUT2D eigenvalue weighted by Gasteiger charge is 2.27. The summed E-state index contributed by atoms with van der Waals surface area (Å²) in [5.74, 6) is -2.44. The van der Waals surface area contributed by atoms with E-state index in [1.807, 2.05) is 30.5 Å². The maximum atomic E-state index is 11.8. The van der Waals surface area contributed by atoms with E-state index in [-0.39, 0.29) is 13.2 Å². The van der Waals surface area contributed by atoms with E-state index in [9.17, 15) is 9.59 Å². The molecule has 0 aliphatic heterocycles. The van der Waals surface area contributed by atoms with Crippen molar-refractivity contribution in [2.45, 2.75) is 18.7 Å². The van der Waals surface area contributed by atoms with Gasteiger partial charge in [-0.05, 0) is 32.2 Å². The second-order valence-electron chi connectivity index (χ2n) is 3.93. The van der Waals surface area contributed by atoms with Crippen LogP contribution in [0.2, 0.25) is 0 Å². The molecule has 114 valence electrons. The van der Waals surface area contributed by atoms with Crippen LogP contribution in [0.3, 0.4) is 0 Å². The van der Waals surface area contributed by atoms with Gasteiger partial charge in [-0.2, -0.15) is 0 Å². The molecule has 1 rings (SSSR count). The van der Waals surface area contributed by atoms with Crippen LogP contribution in [0.1, 0.15) is 13.8 Å². The number of para-hydroxylation sites is 1. The van der Waals surface area contributed by atoms with Crippen LogP contribution in [0.4, 0.5) is 5.69 Å². The first-order valence-corrected chi connectivity index (χ1v) is 7.87. The number of hydrogen-bond donors (Lipinski definition) is 0. The van der Waals surface area contributed by atoms with Crippen molar-refractivity contribution in [3.63, 3.8) is 0 Å². The molecule has 0 spiro atoms. The number of benzene rings is 1. The zero-order valence-electron chi connectivity index (χ0n) is 12.4. The van der Waals surface area contributed by atoms with Crippen LogP contribution in [0, 0.1) is 5.92 Å². The van der Waals surface area contributed by atoms with E-state index in [0.29, 0.717) is 5.69 Å². The molecule has 0 bridgehead atoms. The largest absolute Gasteiger partial charge is 0.465 e. The van der Waals surface area contributed by atoms with Gasteiger partial charge in [0.25, 0.3) is 0 Å². The third-order valence-corrected chi connectivity index (χ3v) is 3.31. The Morgan fingerprint density at radius 3 is 2.29 bits per heavy atom. The van der Waals surface area contributed by atoms with Gasteiger partial charge < -0.3 is 9.47 Å². The minimum absolute atomic E-state index is 0.198. The molecule has 0 saturated heterocycles. The quantitative estimate of drug-likeness (QED) is 0.335. The topological polar surface area (TPSA) is 65.0 Å². The monoisotopic (exact) mass is 309 g/mol. The Labute approximate surface area is 128 Å². The molecule has 6 heteroatoms. The first kappa shape index (κ1) is 17.2. The van der Waals surface area contributed by atoms with Crippen molar-refractivity contribution in [2.24, 2.45) is 10.9 Å². The lowest BCUT2D eigenvalue weighted by Gasteiger charge is -2.10. The average molecular weight is 309 g/mol. The Kier molecular flexibility index (Phi) is 7.53. The molecule has 1 aromatic rings. The van der Waals surface area contributed by atoms with Crippen LogP contribution in [0.25, 0.3) is 0 Å². The number of esters is 2. The van der Waals surface area contributed by atoms with Crippen LogP contribution in [0.15, 0.2) is 34.2 Å². The fourth-order valence-corrected chi connectivity index (χ4v) is 2.12. The Balaban J connectivity index is 2.96. The lowest BCUT2D eigenvalue weighted by molar-refractivity contribution is -0.157. The molecule has 0 aliphatic carbocycles. The molecular formula is C15H19NO4S. The summed E-state index contributed by atoms with van der Waals surface area (Å²) in [6.07, 6.45) is 3.22. The summed E-state index contributed by atoms with van der Waals surface area (Å²) < 4.78 is 9.76. The zero-order chi connectivity index (χ0) is 15.7. The highest BCUT2D eigenvalue weighted by Crippen LogP contribution is 2.27. The molecule has 0 fully saturated rings. The second kappa shape index (κ2) is 9.18. The Bertz CT molecular complexity index is 498. The Morgan fingerprint density at radius 2 is 1.76 bits per heavy atom. The van der Waals surface area contributed by atoms with E-state index in [1.54, 1.807) is 13.8 Å². The third kappa shape index (κ3) is 5.23. The average Bonchev–Trinajstić information content (AvgIpc) is 2.48. The van der Waals surface area contributed by atoms with E-state index < -0.39 is 17.9 Å². The van der Waals surface area contributed by atoms with E-state index in [0.717, 1.165) is 4.90 Å². The van der Waals surface area contributed by atoms with E-state index in [1.165, 1.54) is 18.0 Å². The van der Waals surface area contributed by atoms with Crippen LogP contribution < -0.4 is 0 Å². The van der Waals surface area contributed by atoms with Crippen molar-refractivity contribution in [2.75, 3.05) is 19.5 Å². The van der Waals surface area contributed by atoms with Crippen LogP contribution in [0.5, 0.6) is 0 Å². The maximum Gasteiger partial charge on any atom is 0.325 e. The summed E-state index contributed by atoms with van der Waals surface area (Å²) in [6.45, 7) is 3.76. The number of nitrogens with zero attached hydrogens (tertiary/aromatic N) is 1. The van der Waals surface area contributed by atoms with E-state index in [2.05, 4.69) is 4.99 Å². The van der Waals surface area contributed by atoms with Crippen molar-refractivity contribution < 1.29 is 19.1 Å². The summed E-state index contributed by atoms with van der Waals surface area (Å²) in [4.78, 5) is 28.8. The normalized spacial score (nSPS) is 10.9. The number of carbonyl (C=O) groups is 2. The maximum absolute atomic E-state index is 11.8. The molecule has 0 unspecified atom stereocenters. The van der Waals surface area contributed by atoms with Crippen molar-refractivity contribution in [1.29, 1.82) is 0 Å². The second-order valence-corrected chi connectivity index (χ2v) is 4.78. The van der Waals surface area contributed by atoms with Crippen molar-refractivity contribution in [3.8, 4) is 0 Å². The molecular weight excluding hydrogens is 290 g/mol. The molecule has 21 heavy (non-hydrogen) atoms. The number of aliphatic imine (C=N–C) groups is 1. The summed E-state index contributed by atoms with van der Waals surface area (Å²) in [5.41, 5.74) is 0.698. The lowest BCUT2D eigenvalue weighted by atomic mass is 10.1. The predicted octanol–water partition coefficient (Wildman–Crippen LogP) is 2.85. The molecule has 0 heterocycles. The molecule has 0 aromatic heterocycles. The number of thioether (sulfide) groups is 1. The standard InChI is InChI=1S/C15H19NO4S/c1-4-19-14(17)11(15(18)20-5-2)10-16-12-8-6-7-9-13(12)21-3/h6-11H,4-5H2,1-3H3. The molecule has 0 N–H and O–H groups in total. The fraction of sp³-hybridized carbons (Fsp3) is 0.400.